The third-order valence-electron chi connectivity index (χ3n) is 4.05. The molecule has 7 nitrogen and oxygen atoms in total. The summed E-state index contributed by atoms with van der Waals surface area (Å²) in [5, 5.41) is 8.65. The van der Waals surface area contributed by atoms with E-state index < -0.39 is 10.0 Å². The van der Waals surface area contributed by atoms with Gasteiger partial charge in [0.05, 0.1) is 4.90 Å². The van der Waals surface area contributed by atoms with Crippen LogP contribution in [-0.4, -0.2) is 36.0 Å². The maximum absolute atomic E-state index is 12.6. The number of nitrogen functional groups attached to an aromatic ring is 1. The number of nitrogens with two attached hydrogens (primary N) is 1. The zero-order valence-corrected chi connectivity index (χ0v) is 15.0. The van der Waals surface area contributed by atoms with Gasteiger partial charge in [-0.2, -0.15) is 4.31 Å². The zero-order chi connectivity index (χ0) is 17.2. The molecule has 2 aromatic rings. The smallest absolute Gasteiger partial charge is 0.243 e. The van der Waals surface area contributed by atoms with Crippen molar-refractivity contribution in [1.29, 1.82) is 0 Å². The molecule has 1 aromatic heterocycles. The molecule has 0 unspecified atom stereocenters. The molecule has 2 heterocycles. The fourth-order valence-electron chi connectivity index (χ4n) is 2.55. The monoisotopic (exact) mass is 368 g/mol. The number of anilines is 1. The topological polar surface area (TPSA) is 98.4 Å². The van der Waals surface area contributed by atoms with Gasteiger partial charge in [-0.25, -0.2) is 8.42 Å². The normalized spacial score (nSPS) is 17.0. The van der Waals surface area contributed by atoms with Gasteiger partial charge in [0, 0.05) is 13.1 Å². The number of hydrogen-bond donors (Lipinski definition) is 1. The van der Waals surface area contributed by atoms with Gasteiger partial charge in [0.1, 0.15) is 12.4 Å². The molecule has 1 fully saturated rings. The summed E-state index contributed by atoms with van der Waals surface area (Å²) < 4.78 is 32.4. The molecule has 0 amide bonds. The number of nitrogens with zero attached hydrogens (tertiary/aromatic N) is 3. The number of rotatable bonds is 5. The minimum Gasteiger partial charge on any atom is -0.486 e. The first-order valence-electron chi connectivity index (χ1n) is 7.76. The predicted octanol–water partition coefficient (Wildman–Crippen LogP) is 2.12. The van der Waals surface area contributed by atoms with Crippen LogP contribution in [0.15, 0.2) is 29.2 Å². The zero-order valence-electron chi connectivity index (χ0n) is 13.4. The van der Waals surface area contributed by atoms with Gasteiger partial charge in [0.25, 0.3) is 0 Å². The third-order valence-corrected chi connectivity index (χ3v) is 6.69. The molecule has 3 rings (SSSR count). The summed E-state index contributed by atoms with van der Waals surface area (Å²) in [6.45, 7) is 3.58. The quantitative estimate of drug-likeness (QED) is 0.868. The van der Waals surface area contributed by atoms with Crippen molar-refractivity contribution in [3.05, 3.63) is 29.3 Å². The highest BCUT2D eigenvalue weighted by molar-refractivity contribution is 7.89. The second kappa shape index (κ2) is 7.04. The van der Waals surface area contributed by atoms with Crippen LogP contribution in [0.3, 0.4) is 0 Å². The van der Waals surface area contributed by atoms with Crippen LogP contribution in [0.25, 0.3) is 0 Å². The summed E-state index contributed by atoms with van der Waals surface area (Å²) in [5.74, 6) is 1.16. The van der Waals surface area contributed by atoms with Crippen LogP contribution < -0.4 is 10.5 Å². The lowest BCUT2D eigenvalue weighted by atomic mass is 10.0. The molecular formula is C15H20N4O3S2. The van der Waals surface area contributed by atoms with E-state index in [-0.39, 0.29) is 6.61 Å². The predicted molar refractivity (Wildman–Crippen MR) is 92.3 cm³/mol. The summed E-state index contributed by atoms with van der Waals surface area (Å²) >= 11 is 1.26. The number of piperidine rings is 1. The van der Waals surface area contributed by atoms with Gasteiger partial charge < -0.3 is 10.5 Å². The lowest BCUT2D eigenvalue weighted by Gasteiger charge is -2.29. The first kappa shape index (κ1) is 17.1. The Kier molecular flexibility index (Phi) is 5.02. The summed E-state index contributed by atoms with van der Waals surface area (Å²) in [4.78, 5) is 0.296. The van der Waals surface area contributed by atoms with E-state index in [1.165, 1.54) is 11.3 Å². The van der Waals surface area contributed by atoms with Crippen molar-refractivity contribution in [3.8, 4) is 5.75 Å². The van der Waals surface area contributed by atoms with E-state index in [9.17, 15) is 8.42 Å². The molecule has 1 aromatic carbocycles. The van der Waals surface area contributed by atoms with Gasteiger partial charge in [0.15, 0.2) is 5.01 Å². The second-order valence-electron chi connectivity index (χ2n) is 5.88. The Labute approximate surface area is 145 Å². The maximum atomic E-state index is 12.6. The Balaban J connectivity index is 1.65. The number of aromatic nitrogens is 2. The number of ether oxygens (including phenoxy) is 1. The van der Waals surface area contributed by atoms with Crippen molar-refractivity contribution in [1.82, 2.24) is 14.5 Å². The largest absolute Gasteiger partial charge is 0.486 e. The summed E-state index contributed by atoms with van der Waals surface area (Å²) in [6, 6.07) is 6.47. The average molecular weight is 368 g/mol. The van der Waals surface area contributed by atoms with Crippen molar-refractivity contribution >= 4 is 26.5 Å². The summed E-state index contributed by atoms with van der Waals surface area (Å²) in [7, 11) is -3.43. The van der Waals surface area contributed by atoms with Crippen LogP contribution in [0.4, 0.5) is 5.13 Å². The molecule has 2 N–H and O–H groups in total. The molecule has 0 bridgehead atoms. The fraction of sp³-hybridized carbons (Fsp3) is 0.467. The van der Waals surface area contributed by atoms with E-state index in [0.29, 0.717) is 39.8 Å². The highest BCUT2D eigenvalue weighted by Gasteiger charge is 2.27. The minimum atomic E-state index is -3.43. The average Bonchev–Trinajstić information content (AvgIpc) is 2.99. The fourth-order valence-corrected chi connectivity index (χ4v) is 4.54. The van der Waals surface area contributed by atoms with Gasteiger partial charge in [-0.1, -0.05) is 18.3 Å². The van der Waals surface area contributed by atoms with Gasteiger partial charge in [-0.3, -0.25) is 0 Å². The van der Waals surface area contributed by atoms with E-state index in [1.807, 2.05) is 0 Å². The number of hydrogen-bond acceptors (Lipinski definition) is 7. The molecule has 130 valence electrons. The van der Waals surface area contributed by atoms with E-state index in [4.69, 9.17) is 10.5 Å². The molecule has 0 saturated carbocycles. The molecular weight excluding hydrogens is 348 g/mol. The number of sulfonamides is 1. The molecule has 0 atom stereocenters. The Morgan fingerprint density at radius 1 is 1.25 bits per heavy atom. The van der Waals surface area contributed by atoms with Gasteiger partial charge in [0.2, 0.25) is 15.2 Å². The Hall–Kier alpha value is -1.71. The second-order valence-corrected chi connectivity index (χ2v) is 8.91. The number of benzene rings is 1. The van der Waals surface area contributed by atoms with Crippen molar-refractivity contribution in [2.75, 3.05) is 18.8 Å². The minimum absolute atomic E-state index is 0.255. The molecule has 9 heteroatoms. The van der Waals surface area contributed by atoms with E-state index in [1.54, 1.807) is 28.6 Å². The van der Waals surface area contributed by atoms with E-state index >= 15 is 0 Å². The van der Waals surface area contributed by atoms with Crippen LogP contribution in [0.5, 0.6) is 5.75 Å². The van der Waals surface area contributed by atoms with Crippen LogP contribution >= 0.6 is 11.3 Å². The van der Waals surface area contributed by atoms with E-state index in [0.717, 1.165) is 12.8 Å². The maximum Gasteiger partial charge on any atom is 0.243 e. The molecule has 1 saturated heterocycles. The highest BCUT2D eigenvalue weighted by Crippen LogP contribution is 2.25. The van der Waals surface area contributed by atoms with Crippen LogP contribution in [0.2, 0.25) is 0 Å². The molecule has 0 radical (unpaired) electrons. The van der Waals surface area contributed by atoms with Crippen LogP contribution in [-0.2, 0) is 16.6 Å². The van der Waals surface area contributed by atoms with Gasteiger partial charge >= 0.3 is 0 Å². The molecule has 0 aliphatic carbocycles. The molecule has 1 aliphatic heterocycles. The van der Waals surface area contributed by atoms with Crippen molar-refractivity contribution in [3.63, 3.8) is 0 Å². The third kappa shape index (κ3) is 3.85. The first-order chi connectivity index (χ1) is 11.4. The molecule has 24 heavy (non-hydrogen) atoms. The summed E-state index contributed by atoms with van der Waals surface area (Å²) in [5.41, 5.74) is 5.51. The summed E-state index contributed by atoms with van der Waals surface area (Å²) in [6.07, 6.45) is 1.82. The highest BCUT2D eigenvalue weighted by atomic mass is 32.2. The van der Waals surface area contributed by atoms with Crippen LogP contribution in [0, 0.1) is 5.92 Å². The lowest BCUT2D eigenvalue weighted by Crippen LogP contribution is -2.37. The van der Waals surface area contributed by atoms with Crippen molar-refractivity contribution in [2.45, 2.75) is 31.3 Å². The van der Waals surface area contributed by atoms with Gasteiger partial charge in [-0.05, 0) is 43.0 Å². The Morgan fingerprint density at radius 2 is 1.92 bits per heavy atom. The van der Waals surface area contributed by atoms with Crippen molar-refractivity contribution in [2.24, 2.45) is 5.92 Å². The van der Waals surface area contributed by atoms with E-state index in [2.05, 4.69) is 17.1 Å². The van der Waals surface area contributed by atoms with Crippen LogP contribution in [0.1, 0.15) is 24.8 Å². The Morgan fingerprint density at radius 3 is 2.50 bits per heavy atom. The lowest BCUT2D eigenvalue weighted by molar-refractivity contribution is 0.288. The van der Waals surface area contributed by atoms with Crippen molar-refractivity contribution < 1.29 is 13.2 Å². The standard InChI is InChI=1S/C15H20N4O3S2/c1-11-6-8-19(9-7-11)24(20,21)13-4-2-12(3-5-13)22-10-14-17-18-15(16)23-14/h2-5,11H,6-10H2,1H3,(H2,16,18). The Bertz CT molecular complexity index is 781. The molecule has 0 spiro atoms. The van der Waals surface area contributed by atoms with Gasteiger partial charge in [-0.15, -0.1) is 10.2 Å². The molecule has 1 aliphatic rings. The first-order valence-corrected chi connectivity index (χ1v) is 10.0. The SMILES string of the molecule is CC1CCN(S(=O)(=O)c2ccc(OCc3nnc(N)s3)cc2)CC1.